The topological polar surface area (TPSA) is 72.9 Å². The number of fused-ring (bicyclic) bond motifs is 1. The smallest absolute Gasteiger partial charge is 0.243 e. The van der Waals surface area contributed by atoms with Gasteiger partial charge in [0.2, 0.25) is 5.88 Å². The summed E-state index contributed by atoms with van der Waals surface area (Å²) in [6, 6.07) is 10.0. The molecular weight excluding hydrogens is 292 g/mol. The van der Waals surface area contributed by atoms with Crippen LogP contribution < -0.4 is 4.74 Å². The highest BCUT2D eigenvalue weighted by Crippen LogP contribution is 2.19. The van der Waals surface area contributed by atoms with Gasteiger partial charge in [0.15, 0.2) is 5.65 Å². The van der Waals surface area contributed by atoms with E-state index in [1.165, 1.54) is 6.33 Å². The number of nitrogens with zero attached hydrogens (tertiary/aromatic N) is 3. The molecule has 6 nitrogen and oxygen atoms in total. The Morgan fingerprint density at radius 2 is 2.00 bits per heavy atom. The number of aromatic amines is 1. The van der Waals surface area contributed by atoms with E-state index in [-0.39, 0.29) is 6.10 Å². The first-order valence-electron chi connectivity index (χ1n) is 7.44. The molecule has 0 radical (unpaired) electrons. The van der Waals surface area contributed by atoms with Crippen LogP contribution in [0.25, 0.3) is 11.2 Å². The van der Waals surface area contributed by atoms with Crippen molar-refractivity contribution in [3.05, 3.63) is 61.2 Å². The molecule has 0 aliphatic carbocycles. The first-order valence-corrected chi connectivity index (χ1v) is 7.44. The largest absolute Gasteiger partial charge is 0.476 e. The number of aromatic nitrogens is 4. The maximum absolute atomic E-state index is 5.84. The summed E-state index contributed by atoms with van der Waals surface area (Å²) in [6.45, 7) is 4.90. The molecule has 0 fully saturated rings. The molecule has 3 rings (SSSR count). The molecule has 2 aromatic heterocycles. The quantitative estimate of drug-likeness (QED) is 0.511. The van der Waals surface area contributed by atoms with E-state index in [0.717, 1.165) is 12.0 Å². The summed E-state index contributed by atoms with van der Waals surface area (Å²) in [5.74, 6) is 0.510. The highest BCUT2D eigenvalue weighted by atomic mass is 16.5. The van der Waals surface area contributed by atoms with Crippen molar-refractivity contribution in [1.82, 2.24) is 19.9 Å². The second-order valence-electron chi connectivity index (χ2n) is 4.92. The minimum Gasteiger partial charge on any atom is -0.476 e. The van der Waals surface area contributed by atoms with Crippen molar-refractivity contribution in [3.63, 3.8) is 0 Å². The Kier molecular flexibility index (Phi) is 4.95. The van der Waals surface area contributed by atoms with Gasteiger partial charge in [-0.15, -0.1) is 6.58 Å². The number of nitrogens with one attached hydrogen (secondary N) is 1. The number of hydrogen-bond acceptors (Lipinski definition) is 5. The molecule has 1 unspecified atom stereocenters. The fourth-order valence-corrected chi connectivity index (χ4v) is 2.23. The molecule has 118 valence electrons. The zero-order chi connectivity index (χ0) is 15.9. The van der Waals surface area contributed by atoms with E-state index in [1.807, 2.05) is 30.3 Å². The first kappa shape index (κ1) is 15.2. The monoisotopic (exact) mass is 310 g/mol. The number of rotatable bonds is 8. The van der Waals surface area contributed by atoms with Crippen LogP contribution in [0.15, 0.2) is 55.6 Å². The molecule has 6 heteroatoms. The molecule has 0 aliphatic rings. The summed E-state index contributed by atoms with van der Waals surface area (Å²) in [5.41, 5.74) is 2.40. The molecule has 23 heavy (non-hydrogen) atoms. The van der Waals surface area contributed by atoms with Gasteiger partial charge in [-0.2, -0.15) is 4.98 Å². The molecule has 3 aromatic rings. The van der Waals surface area contributed by atoms with Gasteiger partial charge in [0.25, 0.3) is 0 Å². The third-order valence-electron chi connectivity index (χ3n) is 3.36. The van der Waals surface area contributed by atoms with E-state index in [4.69, 9.17) is 9.47 Å². The van der Waals surface area contributed by atoms with E-state index in [1.54, 1.807) is 12.4 Å². The first-order chi connectivity index (χ1) is 11.4. The van der Waals surface area contributed by atoms with Crippen molar-refractivity contribution >= 4 is 11.2 Å². The summed E-state index contributed by atoms with van der Waals surface area (Å²) in [5, 5.41) is 0. The summed E-state index contributed by atoms with van der Waals surface area (Å²) in [4.78, 5) is 15.2. The van der Waals surface area contributed by atoms with Crippen molar-refractivity contribution in [2.75, 3.05) is 13.2 Å². The van der Waals surface area contributed by atoms with Crippen molar-refractivity contribution in [1.29, 1.82) is 0 Å². The number of ether oxygens (including phenoxy) is 2. The summed E-state index contributed by atoms with van der Waals surface area (Å²) >= 11 is 0. The van der Waals surface area contributed by atoms with Crippen molar-refractivity contribution in [2.24, 2.45) is 0 Å². The van der Waals surface area contributed by atoms with Gasteiger partial charge in [-0.25, -0.2) is 9.97 Å². The van der Waals surface area contributed by atoms with Crippen LogP contribution in [0.2, 0.25) is 0 Å². The Morgan fingerprint density at radius 3 is 2.83 bits per heavy atom. The molecule has 1 atom stereocenters. The average molecular weight is 310 g/mol. The van der Waals surface area contributed by atoms with Crippen LogP contribution in [0.5, 0.6) is 5.88 Å². The Balaban J connectivity index is 1.46. The lowest BCUT2D eigenvalue weighted by Crippen LogP contribution is -2.07. The van der Waals surface area contributed by atoms with E-state index < -0.39 is 0 Å². The van der Waals surface area contributed by atoms with E-state index in [9.17, 15) is 0 Å². The fourth-order valence-electron chi connectivity index (χ4n) is 2.23. The Bertz CT molecular complexity index is 757. The fraction of sp³-hybridized carbons (Fsp3) is 0.235. The molecule has 0 saturated carbocycles. The Labute approximate surface area is 134 Å². The van der Waals surface area contributed by atoms with Crippen LogP contribution >= 0.6 is 0 Å². The molecular formula is C17H18N4O2. The van der Waals surface area contributed by atoms with Gasteiger partial charge in [-0.3, -0.25) is 0 Å². The number of hydrogen-bond donors (Lipinski definition) is 1. The lowest BCUT2D eigenvalue weighted by Gasteiger charge is -2.14. The molecule has 1 N–H and O–H groups in total. The zero-order valence-electron chi connectivity index (χ0n) is 12.7. The number of H-pyrrole nitrogens is 1. The molecule has 0 spiro atoms. The highest BCUT2D eigenvalue weighted by molar-refractivity contribution is 5.74. The number of benzene rings is 1. The standard InChI is InChI=1S/C17H18N4O2/c1-2-14(13-7-4-3-5-8-13)22-9-6-10-23-17-15-16(19-11-18-15)20-12-21-17/h2-5,7-8,11-12,14H,1,6,9-10H2,(H,18,19,20,21). The SMILES string of the molecule is C=CC(OCCCOc1ncnc2nc[nH]c12)c1ccccc1. The third-order valence-corrected chi connectivity index (χ3v) is 3.36. The molecule has 0 saturated heterocycles. The van der Waals surface area contributed by atoms with E-state index in [0.29, 0.717) is 30.3 Å². The van der Waals surface area contributed by atoms with Crippen molar-refractivity contribution in [2.45, 2.75) is 12.5 Å². The normalized spacial score (nSPS) is 12.2. The number of imidazole rings is 1. The van der Waals surface area contributed by atoms with Crippen LogP contribution in [-0.2, 0) is 4.74 Å². The van der Waals surface area contributed by atoms with Gasteiger partial charge < -0.3 is 14.5 Å². The average Bonchev–Trinajstić information content (AvgIpc) is 3.08. The summed E-state index contributed by atoms with van der Waals surface area (Å²) in [7, 11) is 0. The highest BCUT2D eigenvalue weighted by Gasteiger charge is 2.08. The Hall–Kier alpha value is -2.73. The van der Waals surface area contributed by atoms with Gasteiger partial charge in [0.1, 0.15) is 17.9 Å². The maximum Gasteiger partial charge on any atom is 0.243 e. The molecule has 1 aromatic carbocycles. The van der Waals surface area contributed by atoms with Crippen molar-refractivity contribution < 1.29 is 9.47 Å². The zero-order valence-corrected chi connectivity index (χ0v) is 12.7. The summed E-state index contributed by atoms with van der Waals surface area (Å²) < 4.78 is 11.5. The maximum atomic E-state index is 5.84. The molecule has 0 aliphatic heterocycles. The lowest BCUT2D eigenvalue weighted by atomic mass is 10.1. The lowest BCUT2D eigenvalue weighted by molar-refractivity contribution is 0.0751. The van der Waals surface area contributed by atoms with E-state index >= 15 is 0 Å². The summed E-state index contributed by atoms with van der Waals surface area (Å²) in [6.07, 6.45) is 5.46. The minimum absolute atomic E-state index is 0.102. The second-order valence-corrected chi connectivity index (χ2v) is 4.92. The Morgan fingerprint density at radius 1 is 1.13 bits per heavy atom. The van der Waals surface area contributed by atoms with Gasteiger partial charge in [0, 0.05) is 6.42 Å². The van der Waals surface area contributed by atoms with Crippen LogP contribution in [0.3, 0.4) is 0 Å². The second kappa shape index (κ2) is 7.51. The van der Waals surface area contributed by atoms with Gasteiger partial charge >= 0.3 is 0 Å². The van der Waals surface area contributed by atoms with Gasteiger partial charge in [-0.05, 0) is 5.56 Å². The van der Waals surface area contributed by atoms with Gasteiger partial charge in [0.05, 0.1) is 19.5 Å². The molecule has 0 amide bonds. The van der Waals surface area contributed by atoms with Crippen LogP contribution in [0.1, 0.15) is 18.1 Å². The third kappa shape index (κ3) is 3.73. The van der Waals surface area contributed by atoms with Gasteiger partial charge in [-0.1, -0.05) is 36.4 Å². The van der Waals surface area contributed by atoms with E-state index in [2.05, 4.69) is 26.5 Å². The molecule has 2 heterocycles. The predicted octanol–water partition coefficient (Wildman–Crippen LogP) is 3.07. The molecule has 0 bridgehead atoms. The minimum atomic E-state index is -0.102. The van der Waals surface area contributed by atoms with Crippen LogP contribution in [-0.4, -0.2) is 33.1 Å². The predicted molar refractivity (Wildman–Crippen MR) is 87.1 cm³/mol. The van der Waals surface area contributed by atoms with Crippen LogP contribution in [0.4, 0.5) is 0 Å². The van der Waals surface area contributed by atoms with Crippen molar-refractivity contribution in [3.8, 4) is 5.88 Å². The van der Waals surface area contributed by atoms with Crippen LogP contribution in [0, 0.1) is 0 Å².